The summed E-state index contributed by atoms with van der Waals surface area (Å²) in [6.07, 6.45) is 1.88. The summed E-state index contributed by atoms with van der Waals surface area (Å²) in [4.78, 5) is 13.8. The van der Waals surface area contributed by atoms with E-state index in [1.165, 1.54) is 5.56 Å². The second-order valence-electron chi connectivity index (χ2n) is 5.43. The van der Waals surface area contributed by atoms with Crippen molar-refractivity contribution in [2.75, 3.05) is 27.2 Å². The second kappa shape index (κ2) is 6.75. The molecule has 1 fully saturated rings. The second-order valence-corrected chi connectivity index (χ2v) is 5.43. The molecule has 20 heavy (non-hydrogen) atoms. The largest absolute Gasteiger partial charge is 0.494 e. The average Bonchev–Trinajstić information content (AvgIpc) is 2.47. The number of likely N-dealkylation sites (N-methyl/N-ethyl adjacent to an activating group) is 1. The van der Waals surface area contributed by atoms with E-state index in [0.717, 1.165) is 25.1 Å². The molecule has 4 nitrogen and oxygen atoms in total. The third kappa shape index (κ3) is 3.31. The van der Waals surface area contributed by atoms with E-state index in [0.29, 0.717) is 12.5 Å². The van der Waals surface area contributed by atoms with Gasteiger partial charge in [-0.05, 0) is 43.9 Å². The molecule has 1 amide bonds. The van der Waals surface area contributed by atoms with Crippen LogP contribution in [-0.4, -0.2) is 44.1 Å². The molecular formula is C16H24N2O2. The monoisotopic (exact) mass is 276 g/mol. The van der Waals surface area contributed by atoms with Gasteiger partial charge < -0.3 is 15.0 Å². The lowest BCUT2D eigenvalue weighted by molar-refractivity contribution is -0.131. The summed E-state index contributed by atoms with van der Waals surface area (Å²) in [5.74, 6) is 1.49. The van der Waals surface area contributed by atoms with Crippen LogP contribution in [0.3, 0.4) is 0 Å². The molecule has 0 aromatic heterocycles. The van der Waals surface area contributed by atoms with Crippen molar-refractivity contribution in [1.29, 1.82) is 0 Å². The fourth-order valence-corrected chi connectivity index (χ4v) is 2.80. The van der Waals surface area contributed by atoms with Crippen LogP contribution < -0.4 is 10.1 Å². The van der Waals surface area contributed by atoms with E-state index in [4.69, 9.17) is 4.74 Å². The topological polar surface area (TPSA) is 41.6 Å². The number of nitrogens with zero attached hydrogens (tertiary/aromatic N) is 1. The van der Waals surface area contributed by atoms with Gasteiger partial charge in [0.05, 0.1) is 12.6 Å². The molecule has 2 rings (SSSR count). The molecule has 1 saturated heterocycles. The van der Waals surface area contributed by atoms with Gasteiger partial charge in [0, 0.05) is 14.1 Å². The summed E-state index contributed by atoms with van der Waals surface area (Å²) in [7, 11) is 3.61. The maximum absolute atomic E-state index is 12.1. The summed E-state index contributed by atoms with van der Waals surface area (Å²) >= 11 is 0. The van der Waals surface area contributed by atoms with Gasteiger partial charge in [0.15, 0.2) is 0 Å². The number of amides is 1. The fourth-order valence-electron chi connectivity index (χ4n) is 2.80. The quantitative estimate of drug-likeness (QED) is 0.914. The van der Waals surface area contributed by atoms with Crippen molar-refractivity contribution in [3.8, 4) is 5.75 Å². The molecule has 0 radical (unpaired) electrons. The minimum atomic E-state index is -0.0848. The molecule has 1 N–H and O–H groups in total. The van der Waals surface area contributed by atoms with Crippen LogP contribution in [0.1, 0.15) is 31.2 Å². The molecule has 1 heterocycles. The summed E-state index contributed by atoms with van der Waals surface area (Å²) in [6.45, 7) is 3.54. The Balaban J connectivity index is 2.14. The Bertz CT molecular complexity index is 460. The Labute approximate surface area is 121 Å². The van der Waals surface area contributed by atoms with Gasteiger partial charge in [-0.25, -0.2) is 0 Å². The van der Waals surface area contributed by atoms with Gasteiger partial charge in [-0.2, -0.15) is 0 Å². The summed E-state index contributed by atoms with van der Waals surface area (Å²) < 4.78 is 5.72. The van der Waals surface area contributed by atoms with E-state index in [1.54, 1.807) is 4.90 Å². The van der Waals surface area contributed by atoms with Crippen LogP contribution in [0.5, 0.6) is 5.75 Å². The van der Waals surface area contributed by atoms with Crippen LogP contribution in [0.15, 0.2) is 24.3 Å². The fraction of sp³-hybridized carbons (Fsp3) is 0.562. The number of para-hydroxylation sites is 1. The molecule has 110 valence electrons. The van der Waals surface area contributed by atoms with Crippen molar-refractivity contribution in [3.05, 3.63) is 29.8 Å². The van der Waals surface area contributed by atoms with E-state index < -0.39 is 0 Å². The minimum absolute atomic E-state index is 0.0848. The van der Waals surface area contributed by atoms with Gasteiger partial charge in [-0.3, -0.25) is 4.79 Å². The van der Waals surface area contributed by atoms with E-state index in [2.05, 4.69) is 11.4 Å². The van der Waals surface area contributed by atoms with E-state index in [1.807, 2.05) is 39.2 Å². The number of carbonyl (C=O) groups is 1. The molecule has 1 aromatic rings. The van der Waals surface area contributed by atoms with Gasteiger partial charge in [0.1, 0.15) is 5.75 Å². The van der Waals surface area contributed by atoms with Crippen molar-refractivity contribution >= 4 is 5.91 Å². The third-order valence-corrected chi connectivity index (χ3v) is 3.80. The van der Waals surface area contributed by atoms with Crippen molar-refractivity contribution in [2.24, 2.45) is 0 Å². The highest BCUT2D eigenvalue weighted by molar-refractivity contribution is 5.81. The first kappa shape index (κ1) is 14.9. The third-order valence-electron chi connectivity index (χ3n) is 3.80. The molecule has 1 aliphatic rings. The molecule has 0 spiro atoms. The Kier molecular flexibility index (Phi) is 5.01. The van der Waals surface area contributed by atoms with Crippen LogP contribution in [0.25, 0.3) is 0 Å². The zero-order valence-electron chi connectivity index (χ0n) is 12.6. The van der Waals surface area contributed by atoms with Crippen molar-refractivity contribution in [2.45, 2.75) is 31.7 Å². The number of rotatable bonds is 4. The number of carbonyl (C=O) groups excluding carboxylic acids is 1. The Morgan fingerprint density at radius 1 is 1.40 bits per heavy atom. The minimum Gasteiger partial charge on any atom is -0.494 e. The van der Waals surface area contributed by atoms with Gasteiger partial charge in [0.2, 0.25) is 5.91 Å². The lowest BCUT2D eigenvalue weighted by Gasteiger charge is -2.32. The SMILES string of the molecule is CCOc1ccccc1C1CCNC(C(=O)N(C)C)C1. The molecule has 2 unspecified atom stereocenters. The average molecular weight is 276 g/mol. The van der Waals surface area contributed by atoms with Gasteiger partial charge in [-0.15, -0.1) is 0 Å². The summed E-state index contributed by atoms with van der Waals surface area (Å²) in [5.41, 5.74) is 1.23. The predicted octanol–water partition coefficient (Wildman–Crippen LogP) is 2.01. The molecule has 2 atom stereocenters. The highest BCUT2D eigenvalue weighted by atomic mass is 16.5. The van der Waals surface area contributed by atoms with Crippen molar-refractivity contribution in [3.63, 3.8) is 0 Å². The number of hydrogen-bond acceptors (Lipinski definition) is 3. The molecule has 1 aromatic carbocycles. The highest BCUT2D eigenvalue weighted by Crippen LogP contribution is 2.34. The first-order valence-electron chi connectivity index (χ1n) is 7.29. The van der Waals surface area contributed by atoms with Crippen LogP contribution in [-0.2, 0) is 4.79 Å². The van der Waals surface area contributed by atoms with E-state index in [-0.39, 0.29) is 11.9 Å². The number of nitrogens with one attached hydrogen (secondary N) is 1. The van der Waals surface area contributed by atoms with Gasteiger partial charge in [0.25, 0.3) is 0 Å². The zero-order valence-corrected chi connectivity index (χ0v) is 12.6. The smallest absolute Gasteiger partial charge is 0.239 e. The van der Waals surface area contributed by atoms with Crippen molar-refractivity contribution < 1.29 is 9.53 Å². The van der Waals surface area contributed by atoms with Crippen LogP contribution in [0, 0.1) is 0 Å². The number of hydrogen-bond donors (Lipinski definition) is 1. The molecule has 0 bridgehead atoms. The molecule has 1 aliphatic heterocycles. The van der Waals surface area contributed by atoms with Gasteiger partial charge >= 0.3 is 0 Å². The zero-order chi connectivity index (χ0) is 14.5. The molecule has 0 saturated carbocycles. The van der Waals surface area contributed by atoms with Crippen LogP contribution in [0.4, 0.5) is 0 Å². The Hall–Kier alpha value is -1.55. The summed E-state index contributed by atoms with van der Waals surface area (Å²) in [5, 5.41) is 3.32. The maximum atomic E-state index is 12.1. The van der Waals surface area contributed by atoms with E-state index in [9.17, 15) is 4.79 Å². The molecular weight excluding hydrogens is 252 g/mol. The van der Waals surface area contributed by atoms with Crippen LogP contribution >= 0.6 is 0 Å². The van der Waals surface area contributed by atoms with Crippen LogP contribution in [0.2, 0.25) is 0 Å². The Morgan fingerprint density at radius 2 is 2.15 bits per heavy atom. The maximum Gasteiger partial charge on any atom is 0.239 e. The first-order valence-corrected chi connectivity index (χ1v) is 7.29. The number of ether oxygens (including phenoxy) is 1. The summed E-state index contributed by atoms with van der Waals surface area (Å²) in [6, 6.07) is 8.10. The standard InChI is InChI=1S/C16H24N2O2/c1-4-20-15-8-6-5-7-13(15)12-9-10-17-14(11-12)16(19)18(2)3/h5-8,12,14,17H,4,9-11H2,1-3H3. The normalized spacial score (nSPS) is 22.4. The predicted molar refractivity (Wildman–Crippen MR) is 80.1 cm³/mol. The number of piperidine rings is 1. The molecule has 4 heteroatoms. The lowest BCUT2D eigenvalue weighted by atomic mass is 9.85. The highest BCUT2D eigenvalue weighted by Gasteiger charge is 2.29. The first-order chi connectivity index (χ1) is 9.63. The van der Waals surface area contributed by atoms with Gasteiger partial charge in [-0.1, -0.05) is 18.2 Å². The lowest BCUT2D eigenvalue weighted by Crippen LogP contribution is -2.47. The Morgan fingerprint density at radius 3 is 2.85 bits per heavy atom. The van der Waals surface area contributed by atoms with Crippen molar-refractivity contribution in [1.82, 2.24) is 10.2 Å². The molecule has 0 aliphatic carbocycles. The number of benzene rings is 1. The van der Waals surface area contributed by atoms with E-state index >= 15 is 0 Å².